The lowest BCUT2D eigenvalue weighted by molar-refractivity contribution is -0.151. The fourth-order valence-corrected chi connectivity index (χ4v) is 3.15. The first-order valence-corrected chi connectivity index (χ1v) is 8.01. The maximum atomic E-state index is 12.0. The summed E-state index contributed by atoms with van der Waals surface area (Å²) >= 11 is 0. The SMILES string of the molecule is CN[C@H]1CCCC(Cc2ccc(C)cc2)CC(C)OC1=O. The number of benzene rings is 1. The van der Waals surface area contributed by atoms with E-state index >= 15 is 0 Å². The highest BCUT2D eigenvalue weighted by atomic mass is 16.5. The van der Waals surface area contributed by atoms with Gasteiger partial charge in [0.05, 0.1) is 6.10 Å². The van der Waals surface area contributed by atoms with E-state index in [9.17, 15) is 4.79 Å². The molecule has 3 atom stereocenters. The van der Waals surface area contributed by atoms with Gasteiger partial charge in [-0.2, -0.15) is 0 Å². The van der Waals surface area contributed by atoms with Crippen LogP contribution < -0.4 is 5.32 Å². The number of nitrogens with one attached hydrogen (secondary N) is 1. The lowest BCUT2D eigenvalue weighted by atomic mass is 9.89. The number of rotatable bonds is 3. The molecule has 21 heavy (non-hydrogen) atoms. The number of ether oxygens (including phenoxy) is 1. The molecule has 1 aromatic carbocycles. The molecule has 0 saturated carbocycles. The molecule has 0 aliphatic carbocycles. The van der Waals surface area contributed by atoms with Gasteiger partial charge in [0.1, 0.15) is 6.04 Å². The second-order valence-corrected chi connectivity index (χ2v) is 6.31. The fraction of sp³-hybridized carbons (Fsp3) is 0.611. The van der Waals surface area contributed by atoms with Gasteiger partial charge < -0.3 is 10.1 Å². The molecule has 0 radical (unpaired) electrons. The van der Waals surface area contributed by atoms with E-state index in [4.69, 9.17) is 4.74 Å². The second kappa shape index (κ2) is 7.60. The topological polar surface area (TPSA) is 38.3 Å². The van der Waals surface area contributed by atoms with Gasteiger partial charge in [-0.3, -0.25) is 4.79 Å². The molecule has 1 saturated heterocycles. The zero-order chi connectivity index (χ0) is 15.2. The largest absolute Gasteiger partial charge is 0.462 e. The van der Waals surface area contributed by atoms with Crippen LogP contribution in [0.3, 0.4) is 0 Å². The van der Waals surface area contributed by atoms with Crippen LogP contribution in [-0.4, -0.2) is 25.2 Å². The molecule has 2 rings (SSSR count). The van der Waals surface area contributed by atoms with Crippen LogP contribution in [0.25, 0.3) is 0 Å². The van der Waals surface area contributed by atoms with Crippen LogP contribution in [0.5, 0.6) is 0 Å². The van der Waals surface area contributed by atoms with Crippen molar-refractivity contribution in [2.45, 2.75) is 58.1 Å². The van der Waals surface area contributed by atoms with E-state index in [1.807, 2.05) is 14.0 Å². The Bertz CT molecular complexity index is 455. The van der Waals surface area contributed by atoms with E-state index in [0.717, 1.165) is 32.1 Å². The number of carbonyl (C=O) groups is 1. The van der Waals surface area contributed by atoms with Gasteiger partial charge in [-0.1, -0.05) is 36.2 Å². The van der Waals surface area contributed by atoms with Crippen LogP contribution in [0, 0.1) is 12.8 Å². The summed E-state index contributed by atoms with van der Waals surface area (Å²) in [5, 5.41) is 3.07. The zero-order valence-corrected chi connectivity index (χ0v) is 13.4. The van der Waals surface area contributed by atoms with E-state index in [-0.39, 0.29) is 18.1 Å². The van der Waals surface area contributed by atoms with Crippen LogP contribution in [-0.2, 0) is 16.0 Å². The van der Waals surface area contributed by atoms with E-state index in [1.165, 1.54) is 11.1 Å². The monoisotopic (exact) mass is 289 g/mol. The average Bonchev–Trinajstić information content (AvgIpc) is 2.50. The van der Waals surface area contributed by atoms with Crippen molar-refractivity contribution in [1.29, 1.82) is 0 Å². The number of hydrogen-bond donors (Lipinski definition) is 1. The number of cyclic esters (lactones) is 1. The summed E-state index contributed by atoms with van der Waals surface area (Å²) in [4.78, 5) is 12.0. The minimum absolute atomic E-state index is 0.00176. The summed E-state index contributed by atoms with van der Waals surface area (Å²) in [6, 6.07) is 8.63. The van der Waals surface area contributed by atoms with Crippen molar-refractivity contribution in [3.63, 3.8) is 0 Å². The van der Waals surface area contributed by atoms with Gasteiger partial charge in [-0.15, -0.1) is 0 Å². The first-order chi connectivity index (χ1) is 10.1. The Morgan fingerprint density at radius 1 is 1.24 bits per heavy atom. The predicted molar refractivity (Wildman–Crippen MR) is 85.2 cm³/mol. The van der Waals surface area contributed by atoms with Crippen molar-refractivity contribution in [2.24, 2.45) is 5.92 Å². The van der Waals surface area contributed by atoms with E-state index in [0.29, 0.717) is 5.92 Å². The van der Waals surface area contributed by atoms with Crippen LogP contribution in [0.2, 0.25) is 0 Å². The molecule has 0 amide bonds. The minimum Gasteiger partial charge on any atom is -0.462 e. The molecule has 3 heteroatoms. The van der Waals surface area contributed by atoms with Crippen molar-refractivity contribution < 1.29 is 9.53 Å². The quantitative estimate of drug-likeness (QED) is 0.868. The Kier molecular flexibility index (Phi) is 5.80. The van der Waals surface area contributed by atoms with Crippen molar-refractivity contribution in [3.05, 3.63) is 35.4 Å². The van der Waals surface area contributed by atoms with E-state index in [1.54, 1.807) is 0 Å². The summed E-state index contributed by atoms with van der Waals surface area (Å²) in [5.74, 6) is 0.493. The van der Waals surface area contributed by atoms with Gasteiger partial charge in [0.25, 0.3) is 0 Å². The Morgan fingerprint density at radius 2 is 1.95 bits per heavy atom. The van der Waals surface area contributed by atoms with Crippen molar-refractivity contribution in [1.82, 2.24) is 5.32 Å². The number of esters is 1. The third-order valence-corrected chi connectivity index (χ3v) is 4.37. The molecule has 2 unspecified atom stereocenters. The number of aryl methyl sites for hydroxylation is 1. The summed E-state index contributed by atoms with van der Waals surface area (Å²) in [6.45, 7) is 4.13. The highest BCUT2D eigenvalue weighted by molar-refractivity contribution is 5.75. The molecule has 0 aromatic heterocycles. The average molecular weight is 289 g/mol. The second-order valence-electron chi connectivity index (χ2n) is 6.31. The molecule has 1 fully saturated rings. The molecular weight excluding hydrogens is 262 g/mol. The van der Waals surface area contributed by atoms with Gasteiger partial charge in [0.2, 0.25) is 0 Å². The van der Waals surface area contributed by atoms with Crippen LogP contribution in [0.4, 0.5) is 0 Å². The number of carbonyl (C=O) groups excluding carboxylic acids is 1. The third-order valence-electron chi connectivity index (χ3n) is 4.37. The predicted octanol–water partition coefficient (Wildman–Crippen LogP) is 3.25. The Hall–Kier alpha value is -1.35. The van der Waals surface area contributed by atoms with Crippen LogP contribution >= 0.6 is 0 Å². The molecule has 1 aliphatic rings. The Labute approximate surface area is 128 Å². The molecule has 116 valence electrons. The van der Waals surface area contributed by atoms with Gasteiger partial charge in [0, 0.05) is 0 Å². The first-order valence-electron chi connectivity index (χ1n) is 8.01. The van der Waals surface area contributed by atoms with Crippen LogP contribution in [0.15, 0.2) is 24.3 Å². The maximum absolute atomic E-state index is 12.0. The summed E-state index contributed by atoms with van der Waals surface area (Å²) in [7, 11) is 1.83. The first kappa shape index (κ1) is 16.0. The molecular formula is C18H27NO2. The van der Waals surface area contributed by atoms with Gasteiger partial charge in [-0.25, -0.2) is 0 Å². The standard InChI is InChI=1S/C18H27NO2/c1-13-7-9-15(10-8-13)12-16-5-4-6-17(19-3)18(20)21-14(2)11-16/h7-10,14,16-17,19H,4-6,11-12H2,1-3H3/t14?,16?,17-/m0/s1. The molecule has 0 bridgehead atoms. The highest BCUT2D eigenvalue weighted by Crippen LogP contribution is 2.24. The van der Waals surface area contributed by atoms with Crippen molar-refractivity contribution in [3.8, 4) is 0 Å². The molecule has 1 N–H and O–H groups in total. The maximum Gasteiger partial charge on any atom is 0.323 e. The van der Waals surface area contributed by atoms with Gasteiger partial charge in [-0.05, 0) is 58.1 Å². The summed E-state index contributed by atoms with van der Waals surface area (Å²) < 4.78 is 5.56. The zero-order valence-electron chi connectivity index (χ0n) is 13.4. The molecule has 3 nitrogen and oxygen atoms in total. The van der Waals surface area contributed by atoms with Crippen molar-refractivity contribution >= 4 is 5.97 Å². The molecule has 1 aliphatic heterocycles. The normalized spacial score (nSPS) is 27.4. The Morgan fingerprint density at radius 3 is 2.62 bits per heavy atom. The summed E-state index contributed by atoms with van der Waals surface area (Å²) in [6.07, 6.45) is 5.13. The third kappa shape index (κ3) is 4.85. The van der Waals surface area contributed by atoms with E-state index < -0.39 is 0 Å². The summed E-state index contributed by atoms with van der Waals surface area (Å²) in [5.41, 5.74) is 2.68. The smallest absolute Gasteiger partial charge is 0.323 e. The molecule has 1 heterocycles. The lowest BCUT2D eigenvalue weighted by Crippen LogP contribution is -2.36. The fourth-order valence-electron chi connectivity index (χ4n) is 3.15. The van der Waals surface area contributed by atoms with Crippen LogP contribution in [0.1, 0.15) is 43.7 Å². The molecule has 1 aromatic rings. The van der Waals surface area contributed by atoms with E-state index in [2.05, 4.69) is 36.5 Å². The lowest BCUT2D eigenvalue weighted by Gasteiger charge is -2.20. The Balaban J connectivity index is 1.99. The van der Waals surface area contributed by atoms with Gasteiger partial charge >= 0.3 is 5.97 Å². The number of hydrogen-bond acceptors (Lipinski definition) is 3. The number of likely N-dealkylation sites (N-methyl/N-ethyl adjacent to an activating group) is 1. The highest BCUT2D eigenvalue weighted by Gasteiger charge is 2.25. The minimum atomic E-state index is -0.148. The van der Waals surface area contributed by atoms with Gasteiger partial charge in [0.15, 0.2) is 0 Å². The molecule has 0 spiro atoms. The van der Waals surface area contributed by atoms with Crippen molar-refractivity contribution in [2.75, 3.05) is 7.05 Å².